The van der Waals surface area contributed by atoms with Crippen molar-refractivity contribution in [1.82, 2.24) is 9.78 Å². The molecule has 2 heterocycles. The van der Waals surface area contributed by atoms with Crippen molar-refractivity contribution in [3.63, 3.8) is 0 Å². The molecule has 0 spiro atoms. The first-order valence-electron chi connectivity index (χ1n) is 10.6. The maximum atomic E-state index is 12.6. The van der Waals surface area contributed by atoms with Crippen LogP contribution in [0.5, 0.6) is 5.88 Å². The van der Waals surface area contributed by atoms with E-state index in [0.29, 0.717) is 27.5 Å². The Kier molecular flexibility index (Phi) is 7.02. The van der Waals surface area contributed by atoms with Crippen LogP contribution in [-0.2, 0) is 14.2 Å². The van der Waals surface area contributed by atoms with Crippen LogP contribution in [0.3, 0.4) is 0 Å². The first-order chi connectivity index (χ1) is 16.9. The molecule has 1 aliphatic carbocycles. The van der Waals surface area contributed by atoms with Crippen LogP contribution in [0.4, 0.5) is 0 Å². The Morgan fingerprint density at radius 1 is 1.17 bits per heavy atom. The average molecular weight is 495 g/mol. The summed E-state index contributed by atoms with van der Waals surface area (Å²) in [6.07, 6.45) is 5.04. The van der Waals surface area contributed by atoms with E-state index in [0.717, 1.165) is 0 Å². The normalized spacial score (nSPS) is 14.3. The fourth-order valence-electron chi connectivity index (χ4n) is 3.41. The molecule has 10 heteroatoms. The number of H-pyrrole nitrogens is 1. The highest BCUT2D eigenvalue weighted by Gasteiger charge is 2.20. The van der Waals surface area contributed by atoms with Crippen molar-refractivity contribution in [1.29, 1.82) is 0 Å². The van der Waals surface area contributed by atoms with Gasteiger partial charge in [0.05, 0.1) is 25.0 Å². The second kappa shape index (κ2) is 10.3. The second-order valence-corrected chi connectivity index (χ2v) is 8.32. The minimum Gasteiger partial charge on any atom is -0.497 e. The summed E-state index contributed by atoms with van der Waals surface area (Å²) in [5.74, 6) is -0.547. The van der Waals surface area contributed by atoms with Crippen LogP contribution in [-0.4, -0.2) is 40.5 Å². The topological polar surface area (TPSA) is 120 Å². The molecule has 0 amide bonds. The number of carbonyl (C=O) groups is 2. The molecule has 0 fully saturated rings. The quantitative estimate of drug-likeness (QED) is 0.473. The van der Waals surface area contributed by atoms with Crippen LogP contribution < -0.4 is 5.56 Å². The van der Waals surface area contributed by atoms with Crippen LogP contribution in [0, 0.1) is 0 Å². The molecule has 0 aliphatic heterocycles. The van der Waals surface area contributed by atoms with Crippen LogP contribution in [0.15, 0.2) is 75.8 Å². The number of ether oxygens (including phenoxy) is 3. The first-order valence-corrected chi connectivity index (χ1v) is 11.5. The smallest absolute Gasteiger partial charge is 0.353 e. The van der Waals surface area contributed by atoms with Crippen molar-refractivity contribution in [2.24, 2.45) is 0 Å². The highest BCUT2D eigenvalue weighted by Crippen LogP contribution is 2.29. The van der Waals surface area contributed by atoms with E-state index in [2.05, 4.69) is 5.10 Å². The zero-order chi connectivity index (χ0) is 24.9. The number of benzene rings is 1. The molecule has 1 aromatic carbocycles. The molecule has 0 atom stereocenters. The maximum Gasteiger partial charge on any atom is 0.353 e. The Morgan fingerprint density at radius 3 is 2.60 bits per heavy atom. The van der Waals surface area contributed by atoms with Gasteiger partial charge in [-0.15, -0.1) is 11.3 Å². The van der Waals surface area contributed by atoms with E-state index >= 15 is 0 Å². The van der Waals surface area contributed by atoms with E-state index in [4.69, 9.17) is 14.2 Å². The summed E-state index contributed by atoms with van der Waals surface area (Å²) in [7, 11) is 1.46. The highest BCUT2D eigenvalue weighted by atomic mass is 32.1. The minimum absolute atomic E-state index is 0.0496. The number of carbonyl (C=O) groups excluding carboxylic acids is 2. The van der Waals surface area contributed by atoms with Crippen LogP contribution in [0.1, 0.15) is 38.9 Å². The van der Waals surface area contributed by atoms with E-state index in [9.17, 15) is 19.5 Å². The molecule has 0 saturated heterocycles. The number of aromatic hydroxyl groups is 1. The number of aromatic amines is 1. The standard InChI is InChI=1S/C25H22N2O7S/c1-3-33-24(30)16-7-9-17(10-8-16)27-23(29)18(22(28)26-27)13-15-6-11-19(20(14-15)32-2)34-25(31)21-5-4-12-35-21/h4-13,29H,3,14H2,1-2H3,(H,26,28). The number of esters is 2. The first kappa shape index (κ1) is 23.8. The second-order valence-electron chi connectivity index (χ2n) is 7.37. The van der Waals surface area contributed by atoms with Crippen molar-refractivity contribution < 1.29 is 28.9 Å². The molecule has 1 aliphatic rings. The van der Waals surface area contributed by atoms with E-state index < -0.39 is 17.5 Å². The number of thiophene rings is 1. The summed E-state index contributed by atoms with van der Waals surface area (Å²) in [6, 6.07) is 9.68. The number of allylic oxidation sites excluding steroid dienone is 3. The average Bonchev–Trinajstić information content (AvgIpc) is 3.50. The molecule has 0 radical (unpaired) electrons. The predicted molar refractivity (Wildman–Crippen MR) is 130 cm³/mol. The predicted octanol–water partition coefficient (Wildman–Crippen LogP) is 4.17. The fraction of sp³-hybridized carbons (Fsp3) is 0.160. The van der Waals surface area contributed by atoms with Gasteiger partial charge in [0.25, 0.3) is 5.56 Å². The van der Waals surface area contributed by atoms with Crippen LogP contribution in [0.25, 0.3) is 11.8 Å². The Morgan fingerprint density at radius 2 is 1.94 bits per heavy atom. The van der Waals surface area contributed by atoms with E-state index in [1.807, 2.05) is 0 Å². The zero-order valence-electron chi connectivity index (χ0n) is 18.9. The zero-order valence-corrected chi connectivity index (χ0v) is 19.8. The van der Waals surface area contributed by atoms with Crippen molar-refractivity contribution >= 4 is 29.4 Å². The van der Waals surface area contributed by atoms with Gasteiger partial charge in [0.1, 0.15) is 16.2 Å². The molecule has 3 aromatic rings. The minimum atomic E-state index is -0.504. The molecular formula is C25H22N2O7S. The molecular weight excluding hydrogens is 472 g/mol. The molecule has 0 saturated carbocycles. The van der Waals surface area contributed by atoms with Gasteiger partial charge < -0.3 is 19.3 Å². The third-order valence-electron chi connectivity index (χ3n) is 5.14. The summed E-state index contributed by atoms with van der Waals surface area (Å²) in [4.78, 5) is 37.1. The van der Waals surface area contributed by atoms with Gasteiger partial charge >= 0.3 is 11.9 Å². The van der Waals surface area contributed by atoms with Crippen LogP contribution >= 0.6 is 11.3 Å². The number of nitrogens with one attached hydrogen (secondary N) is 1. The van der Waals surface area contributed by atoms with E-state index in [1.165, 1.54) is 29.2 Å². The van der Waals surface area contributed by atoms with Crippen molar-refractivity contribution in [3.05, 3.63) is 97.4 Å². The molecule has 0 bridgehead atoms. The monoisotopic (exact) mass is 494 g/mol. The van der Waals surface area contributed by atoms with Gasteiger partial charge in [-0.25, -0.2) is 14.3 Å². The molecule has 9 nitrogen and oxygen atoms in total. The van der Waals surface area contributed by atoms with Gasteiger partial charge in [-0.3, -0.25) is 9.89 Å². The number of aromatic nitrogens is 2. The van der Waals surface area contributed by atoms with Gasteiger partial charge in [0.15, 0.2) is 5.76 Å². The third-order valence-corrected chi connectivity index (χ3v) is 5.99. The van der Waals surface area contributed by atoms with E-state index in [-0.39, 0.29) is 30.2 Å². The lowest BCUT2D eigenvalue weighted by Gasteiger charge is -2.16. The maximum absolute atomic E-state index is 12.6. The highest BCUT2D eigenvalue weighted by molar-refractivity contribution is 7.11. The Hall–Kier alpha value is -4.31. The number of rotatable bonds is 7. The molecule has 4 rings (SSSR count). The summed E-state index contributed by atoms with van der Waals surface area (Å²) in [5, 5.41) is 15.1. The molecule has 180 valence electrons. The summed E-state index contributed by atoms with van der Waals surface area (Å²) in [5.41, 5.74) is 1.02. The number of hydrogen-bond donors (Lipinski definition) is 2. The lowest BCUT2D eigenvalue weighted by Crippen LogP contribution is -2.09. The van der Waals surface area contributed by atoms with Crippen molar-refractivity contribution in [2.45, 2.75) is 13.3 Å². The van der Waals surface area contributed by atoms with Gasteiger partial charge in [-0.05, 0) is 60.4 Å². The fourth-order valence-corrected chi connectivity index (χ4v) is 4.01. The third kappa shape index (κ3) is 5.12. The molecule has 2 aromatic heterocycles. The SMILES string of the molecule is CCOC(=O)c1ccc(-n2[nH]c(=O)c(C=C3C=CC(OC(=O)c4cccs4)=C(OC)C3)c2O)cc1. The Bertz CT molecular complexity index is 1390. The van der Waals surface area contributed by atoms with Crippen molar-refractivity contribution in [2.75, 3.05) is 13.7 Å². The lowest BCUT2D eigenvalue weighted by molar-refractivity contribution is 0.0525. The van der Waals surface area contributed by atoms with E-state index in [1.54, 1.807) is 60.9 Å². The van der Waals surface area contributed by atoms with Gasteiger partial charge in [0.2, 0.25) is 5.88 Å². The molecule has 35 heavy (non-hydrogen) atoms. The lowest BCUT2D eigenvalue weighted by atomic mass is 10.0. The van der Waals surface area contributed by atoms with Crippen molar-refractivity contribution in [3.8, 4) is 11.6 Å². The number of hydrogen-bond acceptors (Lipinski definition) is 8. The Balaban J connectivity index is 1.55. The molecule has 0 unspecified atom stereocenters. The summed E-state index contributed by atoms with van der Waals surface area (Å²) < 4.78 is 17.0. The summed E-state index contributed by atoms with van der Waals surface area (Å²) in [6.45, 7) is 1.98. The number of nitrogens with zero attached hydrogens (tertiary/aromatic N) is 1. The van der Waals surface area contributed by atoms with Gasteiger partial charge in [0, 0.05) is 6.42 Å². The molecule has 2 N–H and O–H groups in total. The van der Waals surface area contributed by atoms with Crippen LogP contribution in [0.2, 0.25) is 0 Å². The summed E-state index contributed by atoms with van der Waals surface area (Å²) >= 11 is 1.27. The largest absolute Gasteiger partial charge is 0.497 e. The number of methoxy groups -OCH3 is 1. The Labute approximate surface area is 204 Å². The van der Waals surface area contributed by atoms with Gasteiger partial charge in [-0.2, -0.15) is 0 Å². The van der Waals surface area contributed by atoms with Gasteiger partial charge in [-0.1, -0.05) is 12.1 Å².